The molecule has 0 saturated carbocycles. The summed E-state index contributed by atoms with van der Waals surface area (Å²) in [4.78, 5) is 29.3. The van der Waals surface area contributed by atoms with Crippen molar-refractivity contribution >= 4 is 29.4 Å². The number of carbonyl (C=O) groups is 2. The number of aryl methyl sites for hydroxylation is 1. The van der Waals surface area contributed by atoms with E-state index >= 15 is 0 Å². The summed E-state index contributed by atoms with van der Waals surface area (Å²) in [5.41, 5.74) is 2.61. The lowest BCUT2D eigenvalue weighted by atomic mass is 9.86. The number of para-hydroxylation sites is 1. The zero-order chi connectivity index (χ0) is 24.6. The molecule has 0 bridgehead atoms. The minimum Gasteiger partial charge on any atom is -0.457 e. The fourth-order valence-electron chi connectivity index (χ4n) is 5.71. The zero-order valence-corrected chi connectivity index (χ0v) is 21.1. The Bertz CT molecular complexity index is 1200. The maximum Gasteiger partial charge on any atom is 0.326 e. The molecule has 3 unspecified atom stereocenters. The van der Waals surface area contributed by atoms with Gasteiger partial charge in [-0.3, -0.25) is 9.69 Å². The predicted molar refractivity (Wildman–Crippen MR) is 141 cm³/mol. The van der Waals surface area contributed by atoms with E-state index in [9.17, 15) is 9.59 Å². The lowest BCUT2D eigenvalue weighted by Crippen LogP contribution is -2.62. The van der Waals surface area contributed by atoms with Crippen LogP contribution in [0.2, 0.25) is 0 Å². The van der Waals surface area contributed by atoms with Crippen LogP contribution < -0.4 is 30.9 Å². The van der Waals surface area contributed by atoms with Gasteiger partial charge in [-0.15, -0.1) is 0 Å². The number of piperidine rings is 2. The van der Waals surface area contributed by atoms with Crippen LogP contribution in [0.4, 0.5) is 10.5 Å². The van der Waals surface area contributed by atoms with E-state index in [4.69, 9.17) is 4.74 Å². The molecule has 4 atom stereocenters. The molecule has 188 valence electrons. The minimum absolute atomic E-state index is 0.0197. The molecule has 0 spiro atoms. The number of benzene rings is 2. The molecular formula is C27H31N5O3S. The average molecular weight is 506 g/mol. The number of thioether (sulfide) groups is 1. The third-order valence-electron chi connectivity index (χ3n) is 7.39. The molecule has 0 aromatic heterocycles. The summed E-state index contributed by atoms with van der Waals surface area (Å²) in [5.74, 6) is 1.46. The highest BCUT2D eigenvalue weighted by Gasteiger charge is 2.52. The second-order valence-electron chi connectivity index (χ2n) is 9.80. The van der Waals surface area contributed by atoms with Gasteiger partial charge in [0.15, 0.2) is 0 Å². The Labute approximate surface area is 215 Å². The first-order chi connectivity index (χ1) is 17.6. The number of hydrogen-bond acceptors (Lipinski definition) is 6. The van der Waals surface area contributed by atoms with E-state index < -0.39 is 0 Å². The van der Waals surface area contributed by atoms with Gasteiger partial charge in [-0.2, -0.15) is 0 Å². The normalized spacial score (nSPS) is 27.4. The predicted octanol–water partition coefficient (Wildman–Crippen LogP) is 3.45. The number of nitrogens with one attached hydrogen (secondary N) is 4. The molecule has 0 radical (unpaired) electrons. The molecule has 0 aliphatic carbocycles. The van der Waals surface area contributed by atoms with Crippen molar-refractivity contribution in [2.75, 3.05) is 24.5 Å². The van der Waals surface area contributed by atoms with Gasteiger partial charge in [0, 0.05) is 29.9 Å². The molecule has 2 aromatic rings. The standard InChI is InChI=1S/C27H31N5O3S/c1-16-14-19(35-18-7-3-2-4-8-18)9-10-20(16)32-21-11-13-29-26-22(21)23(31-27(32)34)24(36-26)25(33)30-17-6-5-12-28-15-17/h2-4,7-10,14,17,21-22,26,28-29H,5-6,11-13,15H2,1H3,(H,30,33)(H,31,34)/t17-,21?,22?,26?/m0/s1. The molecule has 4 aliphatic heterocycles. The van der Waals surface area contributed by atoms with Crippen molar-refractivity contribution in [1.29, 1.82) is 0 Å². The quantitative estimate of drug-likeness (QED) is 0.497. The van der Waals surface area contributed by atoms with Gasteiger partial charge in [-0.25, -0.2) is 4.79 Å². The van der Waals surface area contributed by atoms with Gasteiger partial charge in [-0.05, 0) is 75.2 Å². The molecule has 3 saturated heterocycles. The molecule has 36 heavy (non-hydrogen) atoms. The molecule has 4 N–H and O–H groups in total. The highest BCUT2D eigenvalue weighted by atomic mass is 32.2. The van der Waals surface area contributed by atoms with Gasteiger partial charge in [0.05, 0.1) is 16.3 Å². The highest BCUT2D eigenvalue weighted by Crippen LogP contribution is 2.48. The summed E-state index contributed by atoms with van der Waals surface area (Å²) < 4.78 is 5.99. The Kier molecular flexibility index (Phi) is 6.37. The first kappa shape index (κ1) is 23.4. The molecule has 3 amide bonds. The van der Waals surface area contributed by atoms with E-state index in [0.717, 1.165) is 67.3 Å². The van der Waals surface area contributed by atoms with E-state index in [-0.39, 0.29) is 35.3 Å². The SMILES string of the molecule is Cc1cc(Oc2ccccc2)ccc1N1C(=O)NC2=C(C(=O)N[C@H]3CCCNC3)SC3NCCC1C23. The molecular weight excluding hydrogens is 474 g/mol. The van der Waals surface area contributed by atoms with Crippen LogP contribution in [0.1, 0.15) is 24.8 Å². The van der Waals surface area contributed by atoms with Gasteiger partial charge in [-0.1, -0.05) is 30.0 Å². The third-order valence-corrected chi connectivity index (χ3v) is 8.74. The second-order valence-corrected chi connectivity index (χ2v) is 10.9. The molecule has 4 aliphatic rings. The number of nitrogens with zero attached hydrogens (tertiary/aromatic N) is 1. The zero-order valence-electron chi connectivity index (χ0n) is 20.3. The number of rotatable bonds is 5. The molecule has 6 rings (SSSR count). The van der Waals surface area contributed by atoms with Crippen molar-refractivity contribution < 1.29 is 14.3 Å². The number of amides is 3. The second kappa shape index (κ2) is 9.80. The first-order valence-electron chi connectivity index (χ1n) is 12.7. The maximum atomic E-state index is 13.5. The van der Waals surface area contributed by atoms with Crippen molar-refractivity contribution in [3.63, 3.8) is 0 Å². The summed E-state index contributed by atoms with van der Waals surface area (Å²) in [5, 5.41) is 13.3. The Hall–Kier alpha value is -3.01. The summed E-state index contributed by atoms with van der Waals surface area (Å²) >= 11 is 1.55. The number of carbonyl (C=O) groups excluding carboxylic acids is 2. The van der Waals surface area contributed by atoms with E-state index in [0.29, 0.717) is 4.91 Å². The topological polar surface area (TPSA) is 94.7 Å². The average Bonchev–Trinajstić information content (AvgIpc) is 3.26. The van der Waals surface area contributed by atoms with Crippen LogP contribution >= 0.6 is 11.8 Å². The summed E-state index contributed by atoms with van der Waals surface area (Å²) in [7, 11) is 0. The van der Waals surface area contributed by atoms with Gasteiger partial charge in [0.1, 0.15) is 11.5 Å². The van der Waals surface area contributed by atoms with Gasteiger partial charge in [0.25, 0.3) is 5.91 Å². The van der Waals surface area contributed by atoms with Crippen LogP contribution in [0.3, 0.4) is 0 Å². The van der Waals surface area contributed by atoms with Crippen molar-refractivity contribution in [3.05, 3.63) is 64.7 Å². The Morgan fingerprint density at radius 2 is 1.97 bits per heavy atom. The number of urea groups is 1. The lowest BCUT2D eigenvalue weighted by Gasteiger charge is -2.46. The third kappa shape index (κ3) is 4.36. The van der Waals surface area contributed by atoms with Gasteiger partial charge < -0.3 is 26.0 Å². The molecule has 3 fully saturated rings. The van der Waals surface area contributed by atoms with Gasteiger partial charge >= 0.3 is 6.03 Å². The van der Waals surface area contributed by atoms with E-state index in [1.54, 1.807) is 11.8 Å². The molecule has 4 heterocycles. The van der Waals surface area contributed by atoms with Crippen LogP contribution in [0.5, 0.6) is 11.5 Å². The summed E-state index contributed by atoms with van der Waals surface area (Å²) in [6.45, 7) is 4.59. The first-order valence-corrected chi connectivity index (χ1v) is 13.6. The van der Waals surface area contributed by atoms with Crippen LogP contribution in [0.25, 0.3) is 0 Å². The largest absolute Gasteiger partial charge is 0.457 e. The van der Waals surface area contributed by atoms with E-state index in [2.05, 4.69) is 21.3 Å². The number of hydrogen-bond donors (Lipinski definition) is 4. The van der Waals surface area contributed by atoms with E-state index in [1.807, 2.05) is 60.4 Å². The Morgan fingerprint density at radius 1 is 1.11 bits per heavy atom. The molecule has 2 aromatic carbocycles. The highest BCUT2D eigenvalue weighted by molar-refractivity contribution is 8.04. The van der Waals surface area contributed by atoms with Crippen LogP contribution in [0, 0.1) is 12.8 Å². The van der Waals surface area contributed by atoms with Crippen molar-refractivity contribution in [2.24, 2.45) is 5.92 Å². The van der Waals surface area contributed by atoms with E-state index in [1.165, 1.54) is 0 Å². The van der Waals surface area contributed by atoms with Crippen molar-refractivity contribution in [2.45, 2.75) is 43.6 Å². The Balaban J connectivity index is 1.25. The monoisotopic (exact) mass is 505 g/mol. The Morgan fingerprint density at radius 3 is 2.75 bits per heavy atom. The maximum absolute atomic E-state index is 13.5. The number of anilines is 1. The molecule has 9 heteroatoms. The molecule has 8 nitrogen and oxygen atoms in total. The minimum atomic E-state index is -0.182. The van der Waals surface area contributed by atoms with Crippen molar-refractivity contribution in [1.82, 2.24) is 21.3 Å². The van der Waals surface area contributed by atoms with Crippen molar-refractivity contribution in [3.8, 4) is 11.5 Å². The smallest absolute Gasteiger partial charge is 0.326 e. The fourth-order valence-corrected chi connectivity index (χ4v) is 7.11. The van der Waals surface area contributed by atoms with Gasteiger partial charge in [0.2, 0.25) is 0 Å². The fraction of sp³-hybridized carbons (Fsp3) is 0.407. The van der Waals surface area contributed by atoms with Crippen LogP contribution in [-0.2, 0) is 4.79 Å². The summed E-state index contributed by atoms with van der Waals surface area (Å²) in [6, 6.07) is 15.4. The number of ether oxygens (including phenoxy) is 1. The summed E-state index contributed by atoms with van der Waals surface area (Å²) in [6.07, 6.45) is 2.85. The van der Waals surface area contributed by atoms with Crippen LogP contribution in [-0.4, -0.2) is 49.0 Å². The lowest BCUT2D eigenvalue weighted by molar-refractivity contribution is -0.117. The van der Waals surface area contributed by atoms with Crippen LogP contribution in [0.15, 0.2) is 59.1 Å².